The number of halogens is 2. The van der Waals surface area contributed by atoms with E-state index < -0.39 is 0 Å². The third-order valence-electron chi connectivity index (χ3n) is 4.50. The topological polar surface area (TPSA) is 15.3 Å². The van der Waals surface area contributed by atoms with Crippen molar-refractivity contribution in [2.75, 3.05) is 13.1 Å². The minimum Gasteiger partial charge on any atom is -0.308 e. The fourth-order valence-corrected chi connectivity index (χ4v) is 2.82. The Kier molecular flexibility index (Phi) is 4.43. The van der Waals surface area contributed by atoms with Crippen molar-refractivity contribution in [1.82, 2.24) is 10.2 Å². The zero-order chi connectivity index (χ0) is 15.0. The molecule has 1 saturated heterocycles. The van der Waals surface area contributed by atoms with E-state index in [9.17, 15) is 4.39 Å². The molecular weight excluding hydrogens is 275 g/mol. The molecule has 0 spiro atoms. The highest BCUT2D eigenvalue weighted by Crippen LogP contribution is 2.29. The predicted molar refractivity (Wildman–Crippen MR) is 82.6 cm³/mol. The van der Waals surface area contributed by atoms with Crippen LogP contribution >= 0.6 is 11.6 Å². The normalized spacial score (nSPS) is 26.7. The van der Waals surface area contributed by atoms with Gasteiger partial charge in [0.2, 0.25) is 0 Å². The van der Waals surface area contributed by atoms with Crippen molar-refractivity contribution in [3.05, 3.63) is 34.6 Å². The van der Waals surface area contributed by atoms with E-state index in [1.807, 2.05) is 0 Å². The number of hydrogen-bond acceptors (Lipinski definition) is 2. The molecule has 2 nitrogen and oxygen atoms in total. The lowest BCUT2D eigenvalue weighted by molar-refractivity contribution is 0.0246. The molecule has 1 N–H and O–H groups in total. The van der Waals surface area contributed by atoms with Crippen molar-refractivity contribution in [2.45, 2.75) is 51.7 Å². The van der Waals surface area contributed by atoms with E-state index in [2.05, 4.69) is 37.9 Å². The van der Waals surface area contributed by atoms with Gasteiger partial charge in [-0.05, 0) is 44.9 Å². The molecule has 1 heterocycles. The van der Waals surface area contributed by atoms with Crippen LogP contribution in [0.3, 0.4) is 0 Å². The molecule has 0 radical (unpaired) electrons. The smallest absolute Gasteiger partial charge is 0.124 e. The van der Waals surface area contributed by atoms with Crippen LogP contribution in [0, 0.1) is 5.82 Å². The van der Waals surface area contributed by atoms with Gasteiger partial charge in [-0.1, -0.05) is 24.6 Å². The molecule has 1 aromatic rings. The van der Waals surface area contributed by atoms with Gasteiger partial charge in [0.1, 0.15) is 5.82 Å². The van der Waals surface area contributed by atoms with Gasteiger partial charge in [-0.15, -0.1) is 0 Å². The number of rotatable bonds is 3. The second-order valence-electron chi connectivity index (χ2n) is 6.67. The maximum Gasteiger partial charge on any atom is 0.124 e. The zero-order valence-corrected chi connectivity index (χ0v) is 13.5. The Morgan fingerprint density at radius 1 is 1.35 bits per heavy atom. The first-order valence-electron chi connectivity index (χ1n) is 7.20. The number of nitrogens with zero attached hydrogens (tertiary/aromatic N) is 1. The van der Waals surface area contributed by atoms with E-state index in [1.54, 1.807) is 6.07 Å². The molecule has 20 heavy (non-hydrogen) atoms. The van der Waals surface area contributed by atoms with Crippen molar-refractivity contribution in [2.24, 2.45) is 0 Å². The third-order valence-corrected chi connectivity index (χ3v) is 4.85. The second-order valence-corrected chi connectivity index (χ2v) is 7.08. The molecule has 1 aromatic carbocycles. The Morgan fingerprint density at radius 3 is 2.65 bits per heavy atom. The molecule has 1 fully saturated rings. The van der Waals surface area contributed by atoms with E-state index in [0.717, 1.165) is 31.6 Å². The van der Waals surface area contributed by atoms with Gasteiger partial charge in [-0.25, -0.2) is 4.39 Å². The van der Waals surface area contributed by atoms with Crippen LogP contribution in [0.25, 0.3) is 0 Å². The average molecular weight is 299 g/mol. The van der Waals surface area contributed by atoms with Gasteiger partial charge in [-0.3, -0.25) is 4.90 Å². The van der Waals surface area contributed by atoms with Crippen LogP contribution in [0.4, 0.5) is 4.39 Å². The largest absolute Gasteiger partial charge is 0.308 e. The van der Waals surface area contributed by atoms with E-state index in [1.165, 1.54) is 12.1 Å². The van der Waals surface area contributed by atoms with Crippen LogP contribution in [-0.4, -0.2) is 29.1 Å². The van der Waals surface area contributed by atoms with E-state index >= 15 is 0 Å². The third kappa shape index (κ3) is 3.33. The van der Waals surface area contributed by atoms with Gasteiger partial charge in [0, 0.05) is 35.7 Å². The highest BCUT2D eigenvalue weighted by atomic mass is 35.5. The number of nitrogens with one attached hydrogen (secondary N) is 1. The summed E-state index contributed by atoms with van der Waals surface area (Å²) in [6, 6.07) is 4.67. The average Bonchev–Trinajstić information content (AvgIpc) is 2.38. The zero-order valence-electron chi connectivity index (χ0n) is 12.8. The molecule has 1 atom stereocenters. The van der Waals surface area contributed by atoms with Crippen LogP contribution in [-0.2, 0) is 6.54 Å². The molecule has 2 rings (SSSR count). The molecule has 4 heteroatoms. The van der Waals surface area contributed by atoms with E-state index in [0.29, 0.717) is 5.02 Å². The van der Waals surface area contributed by atoms with E-state index in [4.69, 9.17) is 11.6 Å². The summed E-state index contributed by atoms with van der Waals surface area (Å²) >= 11 is 6.16. The summed E-state index contributed by atoms with van der Waals surface area (Å²) in [4.78, 5) is 2.44. The Labute approximate surface area is 126 Å². The molecular formula is C16H24ClFN2. The Balaban J connectivity index is 2.20. The summed E-state index contributed by atoms with van der Waals surface area (Å²) in [5.74, 6) is -0.281. The van der Waals surface area contributed by atoms with Crippen LogP contribution in [0.1, 0.15) is 39.7 Å². The fraction of sp³-hybridized carbons (Fsp3) is 0.625. The first-order valence-corrected chi connectivity index (χ1v) is 7.57. The summed E-state index contributed by atoms with van der Waals surface area (Å²) in [5, 5.41) is 4.15. The quantitative estimate of drug-likeness (QED) is 0.912. The van der Waals surface area contributed by atoms with Crippen LogP contribution in [0.5, 0.6) is 0 Å². The minimum absolute atomic E-state index is 0.0619. The Morgan fingerprint density at radius 2 is 2.05 bits per heavy atom. The van der Waals surface area contributed by atoms with Crippen LogP contribution < -0.4 is 5.32 Å². The van der Waals surface area contributed by atoms with E-state index in [-0.39, 0.29) is 16.9 Å². The number of piperazine rings is 1. The van der Waals surface area contributed by atoms with Crippen molar-refractivity contribution in [3.63, 3.8) is 0 Å². The minimum atomic E-state index is -0.281. The Bertz CT molecular complexity index is 489. The number of benzene rings is 1. The summed E-state index contributed by atoms with van der Waals surface area (Å²) in [5.41, 5.74) is 1.18. The molecule has 1 aliphatic heterocycles. The maximum absolute atomic E-state index is 13.1. The second kappa shape index (κ2) is 5.63. The molecule has 0 saturated carbocycles. The molecule has 1 unspecified atom stereocenters. The summed E-state index contributed by atoms with van der Waals surface area (Å²) in [6.07, 6.45) is 1.08. The lowest BCUT2D eigenvalue weighted by Gasteiger charge is -2.51. The highest BCUT2D eigenvalue weighted by Gasteiger charge is 2.39. The lowest BCUT2D eigenvalue weighted by atomic mass is 9.88. The molecule has 112 valence electrons. The summed E-state index contributed by atoms with van der Waals surface area (Å²) < 4.78 is 13.1. The van der Waals surface area contributed by atoms with Crippen molar-refractivity contribution >= 4 is 11.6 Å². The Hall–Kier alpha value is -0.640. The molecule has 0 amide bonds. The molecule has 1 aliphatic rings. The first-order chi connectivity index (χ1) is 9.26. The molecule has 0 aliphatic carbocycles. The van der Waals surface area contributed by atoms with Gasteiger partial charge in [0.05, 0.1) is 0 Å². The maximum atomic E-state index is 13.1. The molecule has 0 bridgehead atoms. The van der Waals surface area contributed by atoms with Crippen molar-refractivity contribution in [3.8, 4) is 0 Å². The van der Waals surface area contributed by atoms with Crippen LogP contribution in [0.15, 0.2) is 18.2 Å². The van der Waals surface area contributed by atoms with Crippen LogP contribution in [0.2, 0.25) is 5.02 Å². The van der Waals surface area contributed by atoms with Gasteiger partial charge in [0.25, 0.3) is 0 Å². The van der Waals surface area contributed by atoms with Gasteiger partial charge in [-0.2, -0.15) is 0 Å². The monoisotopic (exact) mass is 298 g/mol. The summed E-state index contributed by atoms with van der Waals surface area (Å²) in [7, 11) is 0. The predicted octanol–water partition coefficient (Wildman–Crippen LogP) is 3.83. The lowest BCUT2D eigenvalue weighted by Crippen LogP contribution is -2.66. The summed E-state index contributed by atoms with van der Waals surface area (Å²) in [6.45, 7) is 11.6. The standard InChI is InChI=1S/C16H24ClFN2/c1-5-16(4)11-20(15(2,3)10-19-16)9-12-6-7-13(18)8-14(12)17/h6-8,19H,5,9-11H2,1-4H3. The first kappa shape index (κ1) is 15.7. The SMILES string of the molecule is CCC1(C)CN(Cc2ccc(F)cc2Cl)C(C)(C)CN1. The van der Waals surface area contributed by atoms with Crippen molar-refractivity contribution in [1.29, 1.82) is 0 Å². The van der Waals surface area contributed by atoms with Gasteiger partial charge < -0.3 is 5.32 Å². The van der Waals surface area contributed by atoms with Crippen molar-refractivity contribution < 1.29 is 4.39 Å². The molecule has 0 aromatic heterocycles. The number of hydrogen-bond donors (Lipinski definition) is 1. The highest BCUT2D eigenvalue weighted by molar-refractivity contribution is 6.31. The van der Waals surface area contributed by atoms with Gasteiger partial charge >= 0.3 is 0 Å². The van der Waals surface area contributed by atoms with Gasteiger partial charge in [0.15, 0.2) is 0 Å². The fourth-order valence-electron chi connectivity index (χ4n) is 2.59.